The van der Waals surface area contributed by atoms with Crippen LogP contribution in [0.5, 0.6) is 11.5 Å². The molecule has 0 spiro atoms. The Hall–Kier alpha value is -1.26. The van der Waals surface area contributed by atoms with E-state index >= 15 is 0 Å². The van der Waals surface area contributed by atoms with Crippen LogP contribution in [0.2, 0.25) is 0 Å². The molecule has 1 aliphatic rings. The zero-order valence-corrected chi connectivity index (χ0v) is 12.8. The number of hydrogen-bond donors (Lipinski definition) is 3. The number of ether oxygens (including phenoxy) is 1. The van der Waals surface area contributed by atoms with Crippen LogP contribution in [-0.4, -0.2) is 29.5 Å². The van der Waals surface area contributed by atoms with Crippen LogP contribution in [0.4, 0.5) is 0 Å². The minimum absolute atomic E-state index is 0.0951. The summed E-state index contributed by atoms with van der Waals surface area (Å²) in [7, 11) is 0. The van der Waals surface area contributed by atoms with Gasteiger partial charge < -0.3 is 20.3 Å². The fourth-order valence-corrected chi connectivity index (χ4v) is 2.86. The number of hydrogen-bond acceptors (Lipinski definition) is 4. The van der Waals surface area contributed by atoms with Crippen molar-refractivity contribution in [2.75, 3.05) is 13.2 Å². The molecule has 1 saturated carbocycles. The summed E-state index contributed by atoms with van der Waals surface area (Å²) in [6, 6.07) is 4.79. The van der Waals surface area contributed by atoms with Crippen LogP contribution in [0.15, 0.2) is 18.2 Å². The van der Waals surface area contributed by atoms with E-state index in [1.807, 2.05) is 6.92 Å². The fraction of sp³-hybridized carbons (Fsp3) is 0.647. The van der Waals surface area contributed by atoms with Gasteiger partial charge in [-0.15, -0.1) is 0 Å². The second kappa shape index (κ2) is 8.25. The quantitative estimate of drug-likeness (QED) is 0.673. The maximum absolute atomic E-state index is 9.49. The van der Waals surface area contributed by atoms with Crippen molar-refractivity contribution in [2.24, 2.45) is 0 Å². The Kier molecular flexibility index (Phi) is 6.33. The van der Waals surface area contributed by atoms with Gasteiger partial charge in [-0.3, -0.25) is 0 Å². The lowest BCUT2D eigenvalue weighted by Crippen LogP contribution is -2.23. The second-order valence-corrected chi connectivity index (χ2v) is 5.94. The van der Waals surface area contributed by atoms with E-state index in [-0.39, 0.29) is 17.5 Å². The highest BCUT2D eigenvalue weighted by Crippen LogP contribution is 2.24. The normalized spacial score (nSPS) is 17.8. The van der Waals surface area contributed by atoms with Crippen LogP contribution >= 0.6 is 0 Å². The molecule has 2 rings (SSSR count). The SMILES string of the molecule is CC(NCCCOC1CCCCC1)c1cc(O)cc(O)c1. The van der Waals surface area contributed by atoms with E-state index < -0.39 is 0 Å². The minimum atomic E-state index is 0.0951. The molecule has 0 radical (unpaired) electrons. The van der Waals surface area contributed by atoms with Crippen molar-refractivity contribution in [2.45, 2.75) is 57.6 Å². The van der Waals surface area contributed by atoms with Crippen LogP contribution in [-0.2, 0) is 4.74 Å². The molecule has 118 valence electrons. The smallest absolute Gasteiger partial charge is 0.119 e. The van der Waals surface area contributed by atoms with Gasteiger partial charge in [0, 0.05) is 18.7 Å². The predicted octanol–water partition coefficient (Wildman–Crippen LogP) is 3.49. The highest BCUT2D eigenvalue weighted by atomic mass is 16.5. The number of benzene rings is 1. The molecule has 1 aromatic carbocycles. The zero-order valence-electron chi connectivity index (χ0n) is 12.8. The summed E-state index contributed by atoms with van der Waals surface area (Å²) in [5.74, 6) is 0.193. The monoisotopic (exact) mass is 293 g/mol. The van der Waals surface area contributed by atoms with Gasteiger partial charge >= 0.3 is 0 Å². The maximum Gasteiger partial charge on any atom is 0.119 e. The van der Waals surface area contributed by atoms with Gasteiger partial charge in [-0.2, -0.15) is 0 Å². The van der Waals surface area contributed by atoms with Gasteiger partial charge in [0.25, 0.3) is 0 Å². The molecule has 3 N–H and O–H groups in total. The Morgan fingerprint density at radius 3 is 2.48 bits per heavy atom. The molecule has 1 unspecified atom stereocenters. The van der Waals surface area contributed by atoms with E-state index in [1.54, 1.807) is 12.1 Å². The highest BCUT2D eigenvalue weighted by molar-refractivity contribution is 5.37. The Labute approximate surface area is 127 Å². The van der Waals surface area contributed by atoms with Crippen molar-refractivity contribution in [3.8, 4) is 11.5 Å². The van der Waals surface area contributed by atoms with Crippen LogP contribution in [0.3, 0.4) is 0 Å². The maximum atomic E-state index is 9.49. The molecule has 1 atom stereocenters. The van der Waals surface area contributed by atoms with E-state index in [0.29, 0.717) is 6.10 Å². The third-order valence-corrected chi connectivity index (χ3v) is 4.10. The van der Waals surface area contributed by atoms with Crippen molar-refractivity contribution in [3.05, 3.63) is 23.8 Å². The van der Waals surface area contributed by atoms with E-state index in [4.69, 9.17) is 4.74 Å². The molecule has 0 saturated heterocycles. The van der Waals surface area contributed by atoms with Crippen molar-refractivity contribution in [1.82, 2.24) is 5.32 Å². The molecule has 1 fully saturated rings. The average Bonchev–Trinajstić information content (AvgIpc) is 2.47. The summed E-state index contributed by atoms with van der Waals surface area (Å²) in [6.45, 7) is 3.69. The first-order chi connectivity index (χ1) is 10.1. The molecule has 0 amide bonds. The van der Waals surface area contributed by atoms with E-state index in [9.17, 15) is 10.2 Å². The average molecular weight is 293 g/mol. The number of rotatable bonds is 7. The third-order valence-electron chi connectivity index (χ3n) is 4.10. The summed E-state index contributed by atoms with van der Waals surface area (Å²) in [5.41, 5.74) is 0.890. The standard InChI is InChI=1S/C17H27NO3/c1-13(14-10-15(19)12-16(20)11-14)18-8-5-9-21-17-6-3-2-4-7-17/h10-13,17-20H,2-9H2,1H3. The summed E-state index contributed by atoms with van der Waals surface area (Å²) < 4.78 is 5.89. The lowest BCUT2D eigenvalue weighted by molar-refractivity contribution is 0.0271. The molecule has 0 bridgehead atoms. The van der Waals surface area contributed by atoms with Gasteiger partial charge in [0.2, 0.25) is 0 Å². The number of aromatic hydroxyl groups is 2. The molecule has 21 heavy (non-hydrogen) atoms. The largest absolute Gasteiger partial charge is 0.508 e. The number of phenols is 2. The lowest BCUT2D eigenvalue weighted by atomic mass is 9.98. The first-order valence-electron chi connectivity index (χ1n) is 8.03. The van der Waals surface area contributed by atoms with Crippen molar-refractivity contribution < 1.29 is 14.9 Å². The molecule has 0 aromatic heterocycles. The molecular formula is C17H27NO3. The molecule has 1 aromatic rings. The van der Waals surface area contributed by atoms with Gasteiger partial charge in [-0.1, -0.05) is 19.3 Å². The topological polar surface area (TPSA) is 61.7 Å². The summed E-state index contributed by atoms with van der Waals surface area (Å²) in [6.07, 6.45) is 7.85. The molecule has 4 nitrogen and oxygen atoms in total. The van der Waals surface area contributed by atoms with Gasteiger partial charge in [-0.05, 0) is 50.4 Å². The van der Waals surface area contributed by atoms with Crippen molar-refractivity contribution in [3.63, 3.8) is 0 Å². The Morgan fingerprint density at radius 1 is 1.14 bits per heavy atom. The van der Waals surface area contributed by atoms with Crippen LogP contribution in [0.1, 0.15) is 57.1 Å². The predicted molar refractivity (Wildman–Crippen MR) is 83.6 cm³/mol. The Morgan fingerprint density at radius 2 is 1.81 bits per heavy atom. The first kappa shape index (κ1) is 16.1. The third kappa shape index (κ3) is 5.56. The van der Waals surface area contributed by atoms with Gasteiger partial charge in [0.1, 0.15) is 11.5 Å². The van der Waals surface area contributed by atoms with Crippen LogP contribution in [0, 0.1) is 0 Å². The van der Waals surface area contributed by atoms with Gasteiger partial charge in [0.05, 0.1) is 6.10 Å². The molecular weight excluding hydrogens is 266 g/mol. The lowest BCUT2D eigenvalue weighted by Gasteiger charge is -2.22. The Balaban J connectivity index is 1.63. The number of nitrogens with one attached hydrogen (secondary N) is 1. The van der Waals surface area contributed by atoms with Gasteiger partial charge in [0.15, 0.2) is 0 Å². The molecule has 0 heterocycles. The van der Waals surface area contributed by atoms with E-state index in [0.717, 1.165) is 25.1 Å². The minimum Gasteiger partial charge on any atom is -0.508 e. The van der Waals surface area contributed by atoms with Crippen molar-refractivity contribution >= 4 is 0 Å². The van der Waals surface area contributed by atoms with Crippen molar-refractivity contribution in [1.29, 1.82) is 0 Å². The summed E-state index contributed by atoms with van der Waals surface area (Å²) in [4.78, 5) is 0. The van der Waals surface area contributed by atoms with E-state index in [2.05, 4.69) is 5.32 Å². The molecule has 1 aliphatic carbocycles. The second-order valence-electron chi connectivity index (χ2n) is 5.94. The Bertz CT molecular complexity index is 410. The fourth-order valence-electron chi connectivity index (χ4n) is 2.86. The van der Waals surface area contributed by atoms with Gasteiger partial charge in [-0.25, -0.2) is 0 Å². The first-order valence-corrected chi connectivity index (χ1v) is 8.03. The molecule has 0 aliphatic heterocycles. The summed E-state index contributed by atoms with van der Waals surface area (Å²) in [5, 5.41) is 22.4. The van der Waals surface area contributed by atoms with Crippen LogP contribution < -0.4 is 5.32 Å². The highest BCUT2D eigenvalue weighted by Gasteiger charge is 2.13. The zero-order chi connectivity index (χ0) is 15.1. The van der Waals surface area contributed by atoms with Crippen LogP contribution in [0.25, 0.3) is 0 Å². The van der Waals surface area contributed by atoms with E-state index in [1.165, 1.54) is 38.2 Å². The summed E-state index contributed by atoms with van der Waals surface area (Å²) >= 11 is 0. The molecule has 4 heteroatoms. The number of phenolic OH excluding ortho intramolecular Hbond substituents is 2.